The maximum Gasteiger partial charge on any atom is 0.321 e. The summed E-state index contributed by atoms with van der Waals surface area (Å²) in [5, 5.41) is 3.92. The molecule has 1 fully saturated rings. The molecule has 1 aromatic heterocycles. The molecule has 9 heteroatoms. The second-order valence-electron chi connectivity index (χ2n) is 7.51. The number of nitrogens with one attached hydrogen (secondary N) is 1. The van der Waals surface area contributed by atoms with Gasteiger partial charge >= 0.3 is 6.03 Å². The Balaban J connectivity index is 1.33. The number of amides is 2. The Kier molecular flexibility index (Phi) is 7.49. The average molecular weight is 470 g/mol. The number of thioether (sulfide) groups is 1. The predicted octanol–water partition coefficient (Wildman–Crippen LogP) is 4.60. The second kappa shape index (κ2) is 10.7. The largest absolute Gasteiger partial charge is 0.497 e. The minimum absolute atomic E-state index is 0.0558. The van der Waals surface area contributed by atoms with Crippen molar-refractivity contribution in [3.8, 4) is 5.75 Å². The van der Waals surface area contributed by atoms with Crippen LogP contribution in [0, 0.1) is 0 Å². The number of ether oxygens (including phenoxy) is 1. The zero-order chi connectivity index (χ0) is 22.3. The first-order valence-corrected chi connectivity index (χ1v) is 12.5. The molecule has 0 saturated carbocycles. The third kappa shape index (κ3) is 5.72. The number of hydrogen-bond donors (Lipinski definition) is 1. The van der Waals surface area contributed by atoms with Gasteiger partial charge in [0.15, 0.2) is 0 Å². The zero-order valence-electron chi connectivity index (χ0n) is 18.3. The minimum atomic E-state index is -0.0558. The van der Waals surface area contributed by atoms with E-state index in [1.54, 1.807) is 18.9 Å². The molecule has 1 saturated heterocycles. The summed E-state index contributed by atoms with van der Waals surface area (Å²) >= 11 is 3.11. The smallest absolute Gasteiger partial charge is 0.321 e. The fourth-order valence-corrected chi connectivity index (χ4v) is 4.74. The molecule has 0 aliphatic carbocycles. The summed E-state index contributed by atoms with van der Waals surface area (Å²) < 4.78 is 9.85. The van der Waals surface area contributed by atoms with Crippen LogP contribution < -0.4 is 15.0 Å². The molecule has 0 radical (unpaired) electrons. The minimum Gasteiger partial charge on any atom is -0.497 e. The molecule has 168 valence electrons. The highest BCUT2D eigenvalue weighted by molar-refractivity contribution is 7.98. The van der Waals surface area contributed by atoms with Gasteiger partial charge in [0.25, 0.3) is 0 Å². The Hall–Kier alpha value is -2.78. The number of carbonyl (C=O) groups excluding carboxylic acids is 1. The number of rotatable bonds is 6. The van der Waals surface area contributed by atoms with Crippen molar-refractivity contribution in [2.24, 2.45) is 0 Å². The maximum atomic E-state index is 12.7. The van der Waals surface area contributed by atoms with Gasteiger partial charge < -0.3 is 19.9 Å². The van der Waals surface area contributed by atoms with E-state index in [2.05, 4.69) is 20.7 Å². The third-order valence-corrected chi connectivity index (χ3v) is 6.91. The molecule has 3 aromatic rings. The van der Waals surface area contributed by atoms with Gasteiger partial charge in [0, 0.05) is 54.7 Å². The molecule has 1 aliphatic rings. The summed E-state index contributed by atoms with van der Waals surface area (Å²) in [6, 6.07) is 15.8. The van der Waals surface area contributed by atoms with Crippen molar-refractivity contribution in [3.63, 3.8) is 0 Å². The van der Waals surface area contributed by atoms with Gasteiger partial charge in [-0.2, -0.15) is 4.37 Å². The third-order valence-electron chi connectivity index (χ3n) is 5.35. The summed E-state index contributed by atoms with van der Waals surface area (Å²) in [4.78, 5) is 22.8. The average Bonchev–Trinajstić information content (AvgIpc) is 3.14. The van der Waals surface area contributed by atoms with Crippen molar-refractivity contribution < 1.29 is 9.53 Å². The highest BCUT2D eigenvalue weighted by atomic mass is 32.2. The van der Waals surface area contributed by atoms with Crippen molar-refractivity contribution in [2.45, 2.75) is 17.7 Å². The monoisotopic (exact) mass is 469 g/mol. The SMILES string of the molecule is COc1cccc(Cc2nsc(N3CCCN(C(=O)Nc4ccc(SC)cc4)CC3)n2)c1. The fraction of sp³-hybridized carbons (Fsp3) is 0.348. The Bertz CT molecular complexity index is 1040. The first kappa shape index (κ1) is 22.4. The maximum absolute atomic E-state index is 12.7. The van der Waals surface area contributed by atoms with Crippen LogP contribution in [0.2, 0.25) is 0 Å². The van der Waals surface area contributed by atoms with E-state index < -0.39 is 0 Å². The lowest BCUT2D eigenvalue weighted by Gasteiger charge is -2.22. The predicted molar refractivity (Wildman–Crippen MR) is 131 cm³/mol. The van der Waals surface area contributed by atoms with Gasteiger partial charge in [-0.3, -0.25) is 0 Å². The van der Waals surface area contributed by atoms with E-state index in [9.17, 15) is 4.79 Å². The van der Waals surface area contributed by atoms with Crippen molar-refractivity contribution in [2.75, 3.05) is 49.8 Å². The molecule has 7 nitrogen and oxygen atoms in total. The van der Waals surface area contributed by atoms with Gasteiger partial charge in [-0.05, 0) is 54.6 Å². The van der Waals surface area contributed by atoms with E-state index >= 15 is 0 Å². The Morgan fingerprint density at radius 1 is 1.16 bits per heavy atom. The second-order valence-corrected chi connectivity index (χ2v) is 9.12. The van der Waals surface area contributed by atoms with Gasteiger partial charge in [-0.15, -0.1) is 11.8 Å². The fourth-order valence-electron chi connectivity index (χ4n) is 3.60. The molecule has 1 aliphatic heterocycles. The summed E-state index contributed by atoms with van der Waals surface area (Å²) in [6.07, 6.45) is 3.60. The lowest BCUT2D eigenvalue weighted by atomic mass is 10.1. The Morgan fingerprint density at radius 3 is 2.78 bits per heavy atom. The standard InChI is InChI=1S/C23H27N5O2S2/c1-30-19-6-3-5-17(15-19)16-21-25-23(32-26-21)28-12-4-11-27(13-14-28)22(29)24-18-7-9-20(31-2)10-8-18/h3,5-10,15H,4,11-14,16H2,1-2H3,(H,24,29). The number of hydrogen-bond acceptors (Lipinski definition) is 7. The van der Waals surface area contributed by atoms with Crippen molar-refractivity contribution in [1.29, 1.82) is 0 Å². The highest BCUT2D eigenvalue weighted by Crippen LogP contribution is 2.22. The lowest BCUT2D eigenvalue weighted by Crippen LogP contribution is -2.38. The van der Waals surface area contributed by atoms with Crippen molar-refractivity contribution in [3.05, 3.63) is 59.9 Å². The van der Waals surface area contributed by atoms with E-state index in [0.29, 0.717) is 13.0 Å². The van der Waals surface area contributed by atoms with Crippen LogP contribution in [0.1, 0.15) is 17.8 Å². The topological polar surface area (TPSA) is 70.6 Å². The molecule has 32 heavy (non-hydrogen) atoms. The van der Waals surface area contributed by atoms with Crippen LogP contribution in [0.4, 0.5) is 15.6 Å². The first-order valence-electron chi connectivity index (χ1n) is 10.5. The highest BCUT2D eigenvalue weighted by Gasteiger charge is 2.21. The molecular formula is C23H27N5O2S2. The number of nitrogens with zero attached hydrogens (tertiary/aromatic N) is 4. The van der Waals surface area contributed by atoms with Crippen LogP contribution in [0.25, 0.3) is 0 Å². The van der Waals surface area contributed by atoms with Crippen LogP contribution in [-0.4, -0.2) is 59.8 Å². The molecule has 2 heterocycles. The number of methoxy groups -OCH3 is 1. The zero-order valence-corrected chi connectivity index (χ0v) is 19.9. The molecule has 0 spiro atoms. The van der Waals surface area contributed by atoms with E-state index in [0.717, 1.165) is 54.0 Å². The molecular weight excluding hydrogens is 442 g/mol. The Labute approximate surface area is 197 Å². The molecule has 2 aromatic carbocycles. The van der Waals surface area contributed by atoms with Gasteiger partial charge in [0.1, 0.15) is 11.6 Å². The van der Waals surface area contributed by atoms with E-state index in [4.69, 9.17) is 9.72 Å². The molecule has 0 unspecified atom stereocenters. The number of aromatic nitrogens is 2. The summed E-state index contributed by atoms with van der Waals surface area (Å²) in [7, 11) is 1.67. The van der Waals surface area contributed by atoms with Crippen LogP contribution >= 0.6 is 23.3 Å². The van der Waals surface area contributed by atoms with Gasteiger partial charge in [-0.1, -0.05) is 12.1 Å². The first-order chi connectivity index (χ1) is 15.6. The van der Waals surface area contributed by atoms with Gasteiger partial charge in [0.2, 0.25) is 5.13 Å². The molecule has 4 rings (SSSR count). The van der Waals surface area contributed by atoms with E-state index in [-0.39, 0.29) is 6.03 Å². The van der Waals surface area contributed by atoms with E-state index in [1.165, 1.54) is 16.4 Å². The van der Waals surface area contributed by atoms with E-state index in [1.807, 2.05) is 53.6 Å². The lowest BCUT2D eigenvalue weighted by molar-refractivity contribution is 0.215. The summed E-state index contributed by atoms with van der Waals surface area (Å²) in [5.41, 5.74) is 1.94. The molecule has 1 N–H and O–H groups in total. The van der Waals surface area contributed by atoms with Crippen LogP contribution in [0.15, 0.2) is 53.4 Å². The Morgan fingerprint density at radius 2 is 2.00 bits per heavy atom. The van der Waals surface area contributed by atoms with Gasteiger partial charge in [-0.25, -0.2) is 9.78 Å². The summed E-state index contributed by atoms with van der Waals surface area (Å²) in [6.45, 7) is 2.98. The normalized spacial score (nSPS) is 14.2. The number of carbonyl (C=O) groups is 1. The number of anilines is 2. The number of benzene rings is 2. The van der Waals surface area contributed by atoms with Crippen molar-refractivity contribution >= 4 is 40.1 Å². The summed E-state index contributed by atoms with van der Waals surface area (Å²) in [5.74, 6) is 1.65. The van der Waals surface area contributed by atoms with Crippen molar-refractivity contribution in [1.82, 2.24) is 14.3 Å². The van der Waals surface area contributed by atoms with Crippen LogP contribution in [0.5, 0.6) is 5.75 Å². The molecule has 0 bridgehead atoms. The molecule has 2 amide bonds. The molecule has 0 atom stereocenters. The van der Waals surface area contributed by atoms with Crippen LogP contribution in [-0.2, 0) is 6.42 Å². The number of urea groups is 1. The van der Waals surface area contributed by atoms with Gasteiger partial charge in [0.05, 0.1) is 7.11 Å². The van der Waals surface area contributed by atoms with Crippen LogP contribution in [0.3, 0.4) is 0 Å². The quantitative estimate of drug-likeness (QED) is 0.532.